The molecular formula is C16H22O4. The van der Waals surface area contributed by atoms with E-state index in [1.807, 2.05) is 44.2 Å². The molecular weight excluding hydrogens is 256 g/mol. The molecule has 0 N–H and O–H groups in total. The smallest absolute Gasteiger partial charge is 0.163 e. The van der Waals surface area contributed by atoms with Gasteiger partial charge in [-0.05, 0) is 26.3 Å². The van der Waals surface area contributed by atoms with E-state index in [4.69, 9.17) is 14.2 Å². The van der Waals surface area contributed by atoms with Gasteiger partial charge in [0.15, 0.2) is 5.79 Å². The van der Waals surface area contributed by atoms with Crippen LogP contribution in [-0.2, 0) is 25.6 Å². The number of Topliss-reactive ketones (excluding diaryl/α,β-unsaturated/α-hetero) is 1. The molecule has 2 atom stereocenters. The predicted molar refractivity (Wildman–Crippen MR) is 75.2 cm³/mol. The van der Waals surface area contributed by atoms with Crippen LogP contribution in [0.25, 0.3) is 0 Å². The van der Waals surface area contributed by atoms with Gasteiger partial charge < -0.3 is 14.2 Å². The van der Waals surface area contributed by atoms with Crippen molar-refractivity contribution >= 4 is 5.78 Å². The lowest BCUT2D eigenvalue weighted by atomic mass is 10.1. The second kappa shape index (κ2) is 6.48. The lowest BCUT2D eigenvalue weighted by Gasteiger charge is -2.16. The monoisotopic (exact) mass is 278 g/mol. The summed E-state index contributed by atoms with van der Waals surface area (Å²) in [5.41, 5.74) is 1.12. The molecule has 4 heteroatoms. The van der Waals surface area contributed by atoms with E-state index >= 15 is 0 Å². The van der Waals surface area contributed by atoms with Crippen LogP contribution < -0.4 is 0 Å². The molecule has 110 valence electrons. The van der Waals surface area contributed by atoms with Gasteiger partial charge in [-0.3, -0.25) is 4.79 Å². The van der Waals surface area contributed by atoms with E-state index in [1.54, 1.807) is 6.92 Å². The average Bonchev–Trinajstić information content (AvgIpc) is 2.64. The summed E-state index contributed by atoms with van der Waals surface area (Å²) >= 11 is 0. The highest BCUT2D eigenvalue weighted by Gasteiger charge is 2.41. The zero-order valence-electron chi connectivity index (χ0n) is 12.3. The summed E-state index contributed by atoms with van der Waals surface area (Å²) in [4.78, 5) is 11.3. The van der Waals surface area contributed by atoms with Gasteiger partial charge in [-0.15, -0.1) is 0 Å². The molecule has 0 aromatic heterocycles. The van der Waals surface area contributed by atoms with Crippen LogP contribution in [0.3, 0.4) is 0 Å². The molecule has 0 bridgehead atoms. The van der Waals surface area contributed by atoms with Crippen molar-refractivity contribution in [3.63, 3.8) is 0 Å². The Kier molecular flexibility index (Phi) is 4.91. The quantitative estimate of drug-likeness (QED) is 0.802. The molecule has 1 aliphatic rings. The summed E-state index contributed by atoms with van der Waals surface area (Å²) < 4.78 is 17.2. The Hall–Kier alpha value is -1.23. The fourth-order valence-corrected chi connectivity index (χ4v) is 2.37. The van der Waals surface area contributed by atoms with Gasteiger partial charge in [0.25, 0.3) is 0 Å². The zero-order chi connectivity index (χ0) is 14.6. The van der Waals surface area contributed by atoms with Gasteiger partial charge in [-0.2, -0.15) is 0 Å². The molecule has 20 heavy (non-hydrogen) atoms. The Morgan fingerprint density at radius 1 is 1.20 bits per heavy atom. The first-order valence-corrected chi connectivity index (χ1v) is 6.93. The first kappa shape index (κ1) is 15.2. The minimum atomic E-state index is -0.652. The molecule has 0 spiro atoms. The maximum atomic E-state index is 11.3. The van der Waals surface area contributed by atoms with E-state index in [0.29, 0.717) is 19.6 Å². The topological polar surface area (TPSA) is 44.8 Å². The maximum absolute atomic E-state index is 11.3. The Bertz CT molecular complexity index is 441. The lowest BCUT2D eigenvalue weighted by molar-refractivity contribution is -0.152. The van der Waals surface area contributed by atoms with E-state index in [1.165, 1.54) is 0 Å². The van der Waals surface area contributed by atoms with E-state index in [9.17, 15) is 4.79 Å². The van der Waals surface area contributed by atoms with Crippen LogP contribution in [0.1, 0.15) is 32.8 Å². The maximum Gasteiger partial charge on any atom is 0.163 e. The minimum absolute atomic E-state index is 0.101. The van der Waals surface area contributed by atoms with Crippen molar-refractivity contribution in [2.75, 3.05) is 6.61 Å². The van der Waals surface area contributed by atoms with Gasteiger partial charge in [-0.25, -0.2) is 0 Å². The van der Waals surface area contributed by atoms with E-state index in [-0.39, 0.29) is 18.0 Å². The van der Waals surface area contributed by atoms with Crippen molar-refractivity contribution in [1.82, 2.24) is 0 Å². The number of rotatable bonds is 6. The Balaban J connectivity index is 1.85. The molecule has 0 unspecified atom stereocenters. The van der Waals surface area contributed by atoms with Crippen molar-refractivity contribution in [2.24, 2.45) is 0 Å². The number of carbonyl (C=O) groups excluding carboxylic acids is 1. The lowest BCUT2D eigenvalue weighted by Crippen LogP contribution is -2.29. The normalized spacial score (nSPS) is 24.8. The zero-order valence-corrected chi connectivity index (χ0v) is 12.3. The van der Waals surface area contributed by atoms with Crippen molar-refractivity contribution in [3.05, 3.63) is 35.9 Å². The van der Waals surface area contributed by atoms with Crippen LogP contribution in [0.15, 0.2) is 30.3 Å². The van der Waals surface area contributed by atoms with Crippen molar-refractivity contribution < 1.29 is 19.0 Å². The third-order valence-corrected chi connectivity index (χ3v) is 3.17. The number of hydrogen-bond acceptors (Lipinski definition) is 4. The Labute approximate surface area is 120 Å². The second-order valence-corrected chi connectivity index (χ2v) is 5.62. The molecule has 4 nitrogen and oxygen atoms in total. The van der Waals surface area contributed by atoms with Crippen molar-refractivity contribution in [1.29, 1.82) is 0 Å². The molecule has 1 aromatic rings. The van der Waals surface area contributed by atoms with Crippen LogP contribution in [0.5, 0.6) is 0 Å². The Morgan fingerprint density at radius 3 is 2.50 bits per heavy atom. The first-order valence-electron chi connectivity index (χ1n) is 6.93. The fourth-order valence-electron chi connectivity index (χ4n) is 2.37. The SMILES string of the molecule is CC(=O)C[C@@H]1OC(C)(C)O[C@H]1COCc1ccccc1. The van der Waals surface area contributed by atoms with Crippen LogP contribution in [0.4, 0.5) is 0 Å². The molecule has 1 aromatic carbocycles. The molecule has 1 heterocycles. The molecule has 0 aliphatic carbocycles. The molecule has 0 amide bonds. The number of hydrogen-bond donors (Lipinski definition) is 0. The molecule has 2 rings (SSSR count). The molecule has 1 saturated heterocycles. The highest BCUT2D eigenvalue weighted by Crippen LogP contribution is 2.30. The van der Waals surface area contributed by atoms with Crippen LogP contribution >= 0.6 is 0 Å². The highest BCUT2D eigenvalue weighted by molar-refractivity contribution is 5.76. The minimum Gasteiger partial charge on any atom is -0.374 e. The number of ketones is 1. The molecule has 1 aliphatic heterocycles. The number of ether oxygens (including phenoxy) is 3. The van der Waals surface area contributed by atoms with Gasteiger partial charge in [0, 0.05) is 6.42 Å². The van der Waals surface area contributed by atoms with E-state index in [2.05, 4.69) is 0 Å². The largest absolute Gasteiger partial charge is 0.374 e. The van der Waals surface area contributed by atoms with Gasteiger partial charge >= 0.3 is 0 Å². The van der Waals surface area contributed by atoms with Crippen LogP contribution in [-0.4, -0.2) is 30.4 Å². The van der Waals surface area contributed by atoms with Crippen molar-refractivity contribution in [3.8, 4) is 0 Å². The van der Waals surface area contributed by atoms with Crippen LogP contribution in [0, 0.1) is 0 Å². The summed E-state index contributed by atoms with van der Waals surface area (Å²) in [6.45, 7) is 6.25. The molecule has 0 saturated carbocycles. The van der Waals surface area contributed by atoms with Gasteiger partial charge in [0.2, 0.25) is 0 Å². The fraction of sp³-hybridized carbons (Fsp3) is 0.562. The van der Waals surface area contributed by atoms with E-state index < -0.39 is 5.79 Å². The first-order chi connectivity index (χ1) is 9.46. The summed E-state index contributed by atoms with van der Waals surface area (Å²) in [6, 6.07) is 9.97. The third kappa shape index (κ3) is 4.40. The van der Waals surface area contributed by atoms with Gasteiger partial charge in [-0.1, -0.05) is 30.3 Å². The summed E-state index contributed by atoms with van der Waals surface area (Å²) in [5.74, 6) is -0.551. The Morgan fingerprint density at radius 2 is 1.85 bits per heavy atom. The second-order valence-electron chi connectivity index (χ2n) is 5.62. The van der Waals surface area contributed by atoms with Gasteiger partial charge in [0.1, 0.15) is 11.9 Å². The summed E-state index contributed by atoms with van der Waals surface area (Å²) in [7, 11) is 0. The number of carbonyl (C=O) groups is 1. The summed E-state index contributed by atoms with van der Waals surface area (Å²) in [6.07, 6.45) is -0.0566. The van der Waals surface area contributed by atoms with Crippen molar-refractivity contribution in [2.45, 2.75) is 51.8 Å². The number of benzene rings is 1. The summed E-state index contributed by atoms with van der Waals surface area (Å²) in [5, 5.41) is 0. The molecule has 0 radical (unpaired) electrons. The van der Waals surface area contributed by atoms with Gasteiger partial charge in [0.05, 0.1) is 19.3 Å². The van der Waals surface area contributed by atoms with E-state index in [0.717, 1.165) is 5.56 Å². The predicted octanol–water partition coefficient (Wildman–Crippen LogP) is 2.70. The van der Waals surface area contributed by atoms with Crippen LogP contribution in [0.2, 0.25) is 0 Å². The third-order valence-electron chi connectivity index (χ3n) is 3.17. The standard InChI is InChI=1S/C16H22O4/c1-12(17)9-14-15(20-16(2,3)19-14)11-18-10-13-7-5-4-6-8-13/h4-8,14-15H,9-11H2,1-3H3/t14-,15-/m0/s1. The highest BCUT2D eigenvalue weighted by atomic mass is 16.8. The average molecular weight is 278 g/mol. The molecule has 1 fully saturated rings.